The van der Waals surface area contributed by atoms with Gasteiger partial charge in [-0.15, -0.1) is 0 Å². The quantitative estimate of drug-likeness (QED) is 0.553. The maximum Gasteiger partial charge on any atom is 0.262 e. The van der Waals surface area contributed by atoms with Gasteiger partial charge in [0.15, 0.2) is 11.5 Å². The summed E-state index contributed by atoms with van der Waals surface area (Å²) in [6, 6.07) is 4.99. The Labute approximate surface area is 188 Å². The number of nitrogens with two attached hydrogens (primary N) is 1. The van der Waals surface area contributed by atoms with Gasteiger partial charge in [-0.3, -0.25) is 18.4 Å². The van der Waals surface area contributed by atoms with Crippen molar-refractivity contribution >= 4 is 28.8 Å². The number of nitrogens with zero attached hydrogens (tertiary/aromatic N) is 1. The second kappa shape index (κ2) is 6.84. The molecule has 9 nitrogen and oxygen atoms in total. The van der Waals surface area contributed by atoms with Crippen LogP contribution in [0.1, 0.15) is 44.9 Å². The highest BCUT2D eigenvalue weighted by Crippen LogP contribution is 2.60. The average molecular weight is 462 g/mol. The Morgan fingerprint density at radius 2 is 1.81 bits per heavy atom. The molecule has 4 bridgehead atoms. The van der Waals surface area contributed by atoms with E-state index in [4.69, 9.17) is 15.2 Å². The minimum atomic E-state index is -2.39. The van der Waals surface area contributed by atoms with Crippen LogP contribution in [0.3, 0.4) is 0 Å². The summed E-state index contributed by atoms with van der Waals surface area (Å²) in [5.74, 6) is 1.60. The third kappa shape index (κ3) is 2.88. The largest absolute Gasteiger partial charge is 0.454 e. The maximum atomic E-state index is 13.5. The lowest BCUT2D eigenvalue weighted by atomic mass is 9.47. The van der Waals surface area contributed by atoms with Crippen molar-refractivity contribution < 1.29 is 27.8 Å². The summed E-state index contributed by atoms with van der Waals surface area (Å²) in [4.78, 5) is 25.7. The van der Waals surface area contributed by atoms with Gasteiger partial charge in [0.1, 0.15) is 5.54 Å². The highest BCUT2D eigenvalue weighted by Gasteiger charge is 2.61. The Kier molecular flexibility index (Phi) is 4.33. The number of benzene rings is 1. The van der Waals surface area contributed by atoms with E-state index >= 15 is 0 Å². The lowest BCUT2D eigenvalue weighted by Crippen LogP contribution is -2.64. The Hall–Kier alpha value is -2.33. The van der Waals surface area contributed by atoms with Crippen LogP contribution in [0.4, 0.5) is 5.69 Å². The van der Waals surface area contributed by atoms with E-state index in [1.54, 1.807) is 18.2 Å². The number of carbonyl (C=O) groups excluding carboxylic acids is 2. The zero-order chi connectivity index (χ0) is 22.3. The van der Waals surface area contributed by atoms with Crippen LogP contribution in [0.2, 0.25) is 0 Å². The zero-order valence-corrected chi connectivity index (χ0v) is 18.4. The minimum absolute atomic E-state index is 0.0188. The van der Waals surface area contributed by atoms with Gasteiger partial charge in [0.05, 0.1) is 5.69 Å². The second-order valence-electron chi connectivity index (χ2n) is 10.2. The number of carbonyl (C=O) groups is 2. The summed E-state index contributed by atoms with van der Waals surface area (Å²) < 4.78 is 34.5. The van der Waals surface area contributed by atoms with Crippen molar-refractivity contribution in [2.24, 2.45) is 28.9 Å². The second-order valence-corrected chi connectivity index (χ2v) is 11.0. The van der Waals surface area contributed by atoms with Crippen molar-refractivity contribution in [3.63, 3.8) is 0 Å². The number of nitrogens with one attached hydrogen (secondary N) is 1. The summed E-state index contributed by atoms with van der Waals surface area (Å²) in [6.45, 7) is 0.102. The highest BCUT2D eigenvalue weighted by molar-refractivity contribution is 7.80. The first kappa shape index (κ1) is 20.3. The molecule has 6 aliphatic rings. The number of anilines is 1. The Balaban J connectivity index is 1.25. The lowest BCUT2D eigenvalue weighted by Gasteiger charge is -2.59. The Morgan fingerprint density at radius 3 is 2.44 bits per heavy atom. The van der Waals surface area contributed by atoms with E-state index < -0.39 is 22.2 Å². The van der Waals surface area contributed by atoms with Crippen molar-refractivity contribution in [1.29, 1.82) is 0 Å². The molecular formula is C22H27N3O6S. The van der Waals surface area contributed by atoms with Crippen LogP contribution < -0.4 is 24.8 Å². The molecule has 0 saturated heterocycles. The number of hydrogen-bond donors (Lipinski definition) is 3. The van der Waals surface area contributed by atoms with Crippen molar-refractivity contribution in [3.8, 4) is 11.5 Å². The van der Waals surface area contributed by atoms with Gasteiger partial charge >= 0.3 is 0 Å². The normalized spacial score (nSPS) is 35.9. The molecule has 2 amide bonds. The molecule has 7 rings (SSSR count). The van der Waals surface area contributed by atoms with Gasteiger partial charge < -0.3 is 20.5 Å². The van der Waals surface area contributed by atoms with Gasteiger partial charge in [-0.1, -0.05) is 0 Å². The molecule has 0 aromatic heterocycles. The van der Waals surface area contributed by atoms with E-state index in [0.29, 0.717) is 35.9 Å². The van der Waals surface area contributed by atoms with Gasteiger partial charge in [0.2, 0.25) is 18.6 Å². The summed E-state index contributed by atoms with van der Waals surface area (Å²) in [7, 11) is 0. The van der Waals surface area contributed by atoms with Crippen LogP contribution in [0.15, 0.2) is 18.2 Å². The summed E-state index contributed by atoms with van der Waals surface area (Å²) in [5.41, 5.74) is 4.74. The number of rotatable bonds is 6. The molecule has 0 radical (unpaired) electrons. The molecule has 5 saturated carbocycles. The van der Waals surface area contributed by atoms with Crippen molar-refractivity contribution in [2.75, 3.05) is 11.1 Å². The van der Waals surface area contributed by atoms with E-state index in [1.807, 2.05) is 0 Å². The van der Waals surface area contributed by atoms with Crippen LogP contribution in [0.25, 0.3) is 0 Å². The van der Waals surface area contributed by atoms with Gasteiger partial charge in [-0.05, 0) is 74.8 Å². The molecule has 1 aromatic rings. The van der Waals surface area contributed by atoms with E-state index in [2.05, 4.69) is 5.32 Å². The Bertz CT molecular complexity index is 1010. The van der Waals surface area contributed by atoms with E-state index in [0.717, 1.165) is 32.1 Å². The maximum absolute atomic E-state index is 13.5. The zero-order valence-electron chi connectivity index (χ0n) is 17.6. The van der Waals surface area contributed by atoms with Gasteiger partial charge in [-0.2, -0.15) is 0 Å². The fourth-order valence-electron chi connectivity index (χ4n) is 6.99. The monoisotopic (exact) mass is 461 g/mol. The third-order valence-corrected chi connectivity index (χ3v) is 9.25. The summed E-state index contributed by atoms with van der Waals surface area (Å²) >= 11 is -2.39. The Morgan fingerprint density at radius 1 is 1.12 bits per heavy atom. The number of amides is 2. The van der Waals surface area contributed by atoms with Crippen LogP contribution in [0, 0.1) is 23.2 Å². The van der Waals surface area contributed by atoms with Crippen LogP contribution >= 0.6 is 0 Å². The molecule has 5 fully saturated rings. The van der Waals surface area contributed by atoms with Crippen LogP contribution in [-0.4, -0.2) is 38.9 Å². The molecule has 10 heteroatoms. The topological polar surface area (TPSA) is 131 Å². The van der Waals surface area contributed by atoms with Crippen LogP contribution in [-0.2, 0) is 20.9 Å². The SMILES string of the molecule is NC(=O)C12CC3CC(C1)C(NC(=O)C1(N(c4ccc5c(c4)OCO5)S(=O)O)CC1)C(C3)C2. The molecule has 3 atom stereocenters. The number of hydrogen-bond acceptors (Lipinski definition) is 5. The first-order valence-corrected chi connectivity index (χ1v) is 12.3. The predicted octanol–water partition coefficient (Wildman–Crippen LogP) is 1.69. The third-order valence-electron chi connectivity index (χ3n) is 8.38. The van der Waals surface area contributed by atoms with Gasteiger partial charge in [-0.25, -0.2) is 4.21 Å². The highest BCUT2D eigenvalue weighted by atomic mass is 32.2. The van der Waals surface area contributed by atoms with Crippen molar-refractivity contribution in [1.82, 2.24) is 5.32 Å². The van der Waals surface area contributed by atoms with Crippen molar-refractivity contribution in [2.45, 2.75) is 56.5 Å². The predicted molar refractivity (Wildman–Crippen MR) is 115 cm³/mol. The van der Waals surface area contributed by atoms with Crippen LogP contribution in [0.5, 0.6) is 11.5 Å². The van der Waals surface area contributed by atoms with Gasteiger partial charge in [0, 0.05) is 17.5 Å². The summed E-state index contributed by atoms with van der Waals surface area (Å²) in [6.07, 6.45) is 5.32. The first-order valence-electron chi connectivity index (χ1n) is 11.2. The molecule has 0 spiro atoms. The molecule has 172 valence electrons. The molecule has 1 heterocycles. The molecule has 5 aliphatic carbocycles. The number of fused-ring (bicyclic) bond motifs is 1. The number of ether oxygens (including phenoxy) is 2. The fourth-order valence-corrected chi connectivity index (χ4v) is 7.84. The van der Waals surface area contributed by atoms with E-state index in [9.17, 15) is 18.4 Å². The lowest BCUT2D eigenvalue weighted by molar-refractivity contribution is -0.147. The molecule has 32 heavy (non-hydrogen) atoms. The fraction of sp³-hybridized carbons (Fsp3) is 0.636. The summed E-state index contributed by atoms with van der Waals surface area (Å²) in [5, 5.41) is 3.24. The standard InChI is InChI=1S/C22H27N3O6S/c23-19(26)21-8-12-5-13(9-21)18(14(6-12)10-21)24-20(27)22(3-4-22)25(32(28)29)15-1-2-16-17(7-15)31-11-30-16/h1-2,7,12-14,18H,3-6,8-11H2,(H2,23,26)(H,24,27)(H,28,29). The smallest absolute Gasteiger partial charge is 0.262 e. The van der Waals surface area contributed by atoms with Gasteiger partial charge in [0.25, 0.3) is 11.3 Å². The molecular weight excluding hydrogens is 434 g/mol. The average Bonchev–Trinajstić information content (AvgIpc) is 3.39. The first-order chi connectivity index (χ1) is 15.3. The van der Waals surface area contributed by atoms with E-state index in [-0.39, 0.29) is 36.5 Å². The molecule has 1 aromatic carbocycles. The molecule has 1 aliphatic heterocycles. The molecule has 3 unspecified atom stereocenters. The minimum Gasteiger partial charge on any atom is -0.454 e. The number of primary amides is 1. The molecule has 4 N–H and O–H groups in total. The van der Waals surface area contributed by atoms with Crippen molar-refractivity contribution in [3.05, 3.63) is 18.2 Å². The van der Waals surface area contributed by atoms with E-state index in [1.165, 1.54) is 4.31 Å².